The number of aliphatic carboxylic acids is 1. The van der Waals surface area contributed by atoms with E-state index in [9.17, 15) is 29.1 Å². The Balaban J connectivity index is 5.00. The lowest BCUT2D eigenvalue weighted by Crippen LogP contribution is -2.58. The maximum atomic E-state index is 12.3. The van der Waals surface area contributed by atoms with Crippen molar-refractivity contribution >= 4 is 42.2 Å². The van der Waals surface area contributed by atoms with E-state index in [2.05, 4.69) is 28.6 Å². The Labute approximate surface area is 173 Å². The number of carboxylic acids is 1. The Morgan fingerprint density at radius 1 is 0.931 bits per heavy atom. The van der Waals surface area contributed by atoms with Crippen LogP contribution in [0.4, 0.5) is 0 Å². The number of thiol groups is 1. The molecule has 0 aliphatic heterocycles. The predicted octanol–water partition coefficient (Wildman–Crippen LogP) is -3.30. The highest BCUT2D eigenvalue weighted by atomic mass is 32.1. The van der Waals surface area contributed by atoms with Crippen molar-refractivity contribution in [3.05, 3.63) is 0 Å². The van der Waals surface area contributed by atoms with E-state index >= 15 is 0 Å². The Morgan fingerprint density at radius 3 is 1.83 bits per heavy atom. The first kappa shape index (κ1) is 26.6. The second-order valence-electron chi connectivity index (χ2n) is 6.79. The van der Waals surface area contributed by atoms with E-state index in [1.807, 2.05) is 13.8 Å². The van der Waals surface area contributed by atoms with Gasteiger partial charge in [-0.05, 0) is 12.3 Å². The number of aliphatic hydroxyl groups is 1. The van der Waals surface area contributed by atoms with Gasteiger partial charge in [0, 0.05) is 5.75 Å². The first-order chi connectivity index (χ1) is 13.4. The fraction of sp³-hybridized carbons (Fsp3) is 0.688. The Hall–Kier alpha value is -2.38. The highest BCUT2D eigenvalue weighted by Gasteiger charge is 2.30. The summed E-state index contributed by atoms with van der Waals surface area (Å²) in [4.78, 5) is 58.5. The lowest BCUT2D eigenvalue weighted by Gasteiger charge is -2.23. The Morgan fingerprint density at radius 2 is 1.41 bits per heavy atom. The van der Waals surface area contributed by atoms with Crippen molar-refractivity contribution in [2.75, 3.05) is 12.4 Å². The summed E-state index contributed by atoms with van der Waals surface area (Å²) in [5.41, 5.74) is 10.7. The summed E-state index contributed by atoms with van der Waals surface area (Å²) in [5, 5.41) is 25.0. The van der Waals surface area contributed by atoms with Gasteiger partial charge in [0.05, 0.1) is 19.1 Å². The summed E-state index contributed by atoms with van der Waals surface area (Å²) in [6, 6.07) is -5.14. The fourth-order valence-corrected chi connectivity index (χ4v) is 2.48. The number of aliphatic hydroxyl groups excluding tert-OH is 1. The van der Waals surface area contributed by atoms with Gasteiger partial charge in [-0.25, -0.2) is 4.79 Å². The van der Waals surface area contributed by atoms with Gasteiger partial charge in [-0.1, -0.05) is 13.8 Å². The Kier molecular flexibility index (Phi) is 11.9. The largest absolute Gasteiger partial charge is 0.480 e. The Bertz CT molecular complexity index is 616. The average Bonchev–Trinajstić information content (AvgIpc) is 2.61. The van der Waals surface area contributed by atoms with Crippen molar-refractivity contribution in [2.45, 2.75) is 50.9 Å². The molecular weight excluding hydrogens is 406 g/mol. The molecule has 0 bridgehead atoms. The van der Waals surface area contributed by atoms with Crippen molar-refractivity contribution in [1.29, 1.82) is 0 Å². The number of hydrogen-bond donors (Lipinski definition) is 8. The first-order valence-corrected chi connectivity index (χ1v) is 9.45. The number of primary amides is 1. The minimum Gasteiger partial charge on any atom is -0.480 e. The topological polar surface area (TPSA) is 214 Å². The van der Waals surface area contributed by atoms with E-state index in [0.717, 1.165) is 0 Å². The van der Waals surface area contributed by atoms with Crippen LogP contribution in [0.1, 0.15) is 26.7 Å². The molecule has 0 saturated heterocycles. The number of hydrogen-bond acceptors (Lipinski definition) is 8. The molecule has 13 heteroatoms. The van der Waals surface area contributed by atoms with Crippen LogP contribution in [-0.4, -0.2) is 76.3 Å². The zero-order valence-corrected chi connectivity index (χ0v) is 17.1. The number of carboxylic acid groups (broad SMARTS) is 1. The number of carbonyl (C=O) groups excluding carboxylic acids is 4. The summed E-state index contributed by atoms with van der Waals surface area (Å²) in [6.07, 6.45) is -0.277. The second-order valence-corrected chi connectivity index (χ2v) is 7.16. The van der Waals surface area contributed by atoms with Crippen LogP contribution in [0, 0.1) is 5.92 Å². The normalized spacial score (nSPS) is 15.0. The molecule has 9 N–H and O–H groups in total. The van der Waals surface area contributed by atoms with Gasteiger partial charge in [-0.3, -0.25) is 19.2 Å². The van der Waals surface area contributed by atoms with Crippen LogP contribution < -0.4 is 27.4 Å². The van der Waals surface area contributed by atoms with E-state index in [-0.39, 0.29) is 11.7 Å². The molecule has 0 rings (SSSR count). The molecule has 0 heterocycles. The molecule has 0 fully saturated rings. The predicted molar refractivity (Wildman–Crippen MR) is 106 cm³/mol. The van der Waals surface area contributed by atoms with E-state index in [0.29, 0.717) is 6.42 Å². The van der Waals surface area contributed by atoms with Crippen LogP contribution in [0.15, 0.2) is 0 Å². The molecule has 0 radical (unpaired) electrons. The van der Waals surface area contributed by atoms with Gasteiger partial charge >= 0.3 is 5.97 Å². The number of rotatable bonds is 13. The molecule has 166 valence electrons. The molecule has 0 aromatic carbocycles. The monoisotopic (exact) mass is 435 g/mol. The summed E-state index contributed by atoms with van der Waals surface area (Å²) in [7, 11) is 0. The van der Waals surface area contributed by atoms with Crippen molar-refractivity contribution in [3.63, 3.8) is 0 Å². The minimum absolute atomic E-state index is 0.136. The van der Waals surface area contributed by atoms with E-state index in [1.165, 1.54) is 0 Å². The fourth-order valence-electron chi connectivity index (χ4n) is 2.23. The number of nitrogens with one attached hydrogen (secondary N) is 3. The third kappa shape index (κ3) is 10.1. The lowest BCUT2D eigenvalue weighted by molar-refractivity contribution is -0.143. The highest BCUT2D eigenvalue weighted by molar-refractivity contribution is 7.80. The van der Waals surface area contributed by atoms with Gasteiger partial charge in [-0.2, -0.15) is 12.6 Å². The molecule has 4 unspecified atom stereocenters. The first-order valence-electron chi connectivity index (χ1n) is 8.82. The standard InChI is InChI=1S/C16H29N5O7S/c1-7(2)3-8(17)13(24)20-10(5-22)14(25)21-11(6-29)15(26)19-9(16(27)28)4-12(18)23/h7-11,22,29H,3-6,17H2,1-2H3,(H2,18,23)(H,19,26)(H,20,24)(H,21,25)(H,27,28). The van der Waals surface area contributed by atoms with Gasteiger partial charge in [-0.15, -0.1) is 0 Å². The SMILES string of the molecule is CC(C)CC(N)C(=O)NC(CO)C(=O)NC(CS)C(=O)NC(CC(N)=O)C(=O)O. The molecule has 29 heavy (non-hydrogen) atoms. The second kappa shape index (κ2) is 13.0. The van der Waals surface area contributed by atoms with Crippen molar-refractivity contribution in [2.24, 2.45) is 17.4 Å². The molecule has 4 atom stereocenters. The number of carbonyl (C=O) groups is 5. The van der Waals surface area contributed by atoms with Crippen LogP contribution in [0.2, 0.25) is 0 Å². The molecule has 0 aromatic heterocycles. The van der Waals surface area contributed by atoms with Gasteiger partial charge < -0.3 is 37.6 Å². The molecule has 0 aliphatic carbocycles. The maximum Gasteiger partial charge on any atom is 0.326 e. The lowest BCUT2D eigenvalue weighted by atomic mass is 10.0. The summed E-state index contributed by atoms with van der Waals surface area (Å²) in [5.74, 6) is -4.98. The van der Waals surface area contributed by atoms with Crippen molar-refractivity contribution < 1.29 is 34.2 Å². The third-order valence-corrected chi connectivity index (χ3v) is 4.08. The molecule has 12 nitrogen and oxygen atoms in total. The van der Waals surface area contributed by atoms with Crippen LogP contribution in [0.5, 0.6) is 0 Å². The molecule has 0 spiro atoms. The molecule has 0 aromatic rings. The van der Waals surface area contributed by atoms with Gasteiger partial charge in [0.25, 0.3) is 0 Å². The quantitative estimate of drug-likeness (QED) is 0.137. The van der Waals surface area contributed by atoms with E-state index in [1.54, 1.807) is 0 Å². The zero-order valence-electron chi connectivity index (χ0n) is 16.3. The third-order valence-electron chi connectivity index (χ3n) is 3.71. The smallest absolute Gasteiger partial charge is 0.326 e. The van der Waals surface area contributed by atoms with Gasteiger partial charge in [0.1, 0.15) is 18.1 Å². The highest BCUT2D eigenvalue weighted by Crippen LogP contribution is 2.03. The molecular formula is C16H29N5O7S. The summed E-state index contributed by atoms with van der Waals surface area (Å²) >= 11 is 3.93. The van der Waals surface area contributed by atoms with Crippen LogP contribution >= 0.6 is 12.6 Å². The minimum atomic E-state index is -1.58. The summed E-state index contributed by atoms with van der Waals surface area (Å²) < 4.78 is 0. The van der Waals surface area contributed by atoms with Gasteiger partial charge in [0.2, 0.25) is 23.6 Å². The van der Waals surface area contributed by atoms with Crippen LogP contribution in [-0.2, 0) is 24.0 Å². The summed E-state index contributed by atoms with van der Waals surface area (Å²) in [6.45, 7) is 2.97. The van der Waals surface area contributed by atoms with Gasteiger partial charge in [0.15, 0.2) is 0 Å². The van der Waals surface area contributed by atoms with Crippen LogP contribution in [0.3, 0.4) is 0 Å². The number of amides is 4. The van der Waals surface area contributed by atoms with E-state index < -0.39 is 66.8 Å². The number of nitrogens with two attached hydrogens (primary N) is 2. The molecule has 0 saturated carbocycles. The molecule has 0 aliphatic rings. The maximum absolute atomic E-state index is 12.3. The van der Waals surface area contributed by atoms with E-state index in [4.69, 9.17) is 16.6 Å². The van der Waals surface area contributed by atoms with Crippen molar-refractivity contribution in [3.8, 4) is 0 Å². The zero-order chi connectivity index (χ0) is 22.7. The average molecular weight is 436 g/mol. The van der Waals surface area contributed by atoms with Crippen molar-refractivity contribution in [1.82, 2.24) is 16.0 Å². The molecule has 4 amide bonds. The van der Waals surface area contributed by atoms with Crippen LogP contribution in [0.25, 0.3) is 0 Å².